The summed E-state index contributed by atoms with van der Waals surface area (Å²) in [5.41, 5.74) is 2.11. The number of hydrogen-bond donors (Lipinski definition) is 2. The van der Waals surface area contributed by atoms with Gasteiger partial charge in [0, 0.05) is 24.6 Å². The molecule has 3 rings (SSSR count). The minimum atomic E-state index is -0.424. The lowest BCUT2D eigenvalue weighted by atomic mass is 10.1. The Balaban J connectivity index is 1.97. The Morgan fingerprint density at radius 2 is 1.77 bits per heavy atom. The van der Waals surface area contributed by atoms with Crippen molar-refractivity contribution < 1.29 is 18.7 Å². The first-order valence-electron chi connectivity index (χ1n) is 8.36. The van der Waals surface area contributed by atoms with Crippen LogP contribution in [0.15, 0.2) is 52.9 Å². The fraction of sp³-hybridized carbons (Fsp3) is 0.200. The van der Waals surface area contributed by atoms with Gasteiger partial charge in [-0.2, -0.15) is 0 Å². The monoisotopic (exact) mass is 352 g/mol. The van der Waals surface area contributed by atoms with E-state index in [4.69, 9.17) is 9.15 Å². The Labute approximate surface area is 151 Å². The molecule has 0 spiro atoms. The van der Waals surface area contributed by atoms with Gasteiger partial charge < -0.3 is 19.8 Å². The summed E-state index contributed by atoms with van der Waals surface area (Å²) in [5.74, 6) is -0.515. The summed E-state index contributed by atoms with van der Waals surface area (Å²) in [7, 11) is 1.54. The van der Waals surface area contributed by atoms with Crippen LogP contribution in [0.3, 0.4) is 0 Å². The second kappa shape index (κ2) is 7.84. The third-order valence-corrected chi connectivity index (χ3v) is 4.00. The summed E-state index contributed by atoms with van der Waals surface area (Å²) in [4.78, 5) is 24.8. The van der Waals surface area contributed by atoms with Gasteiger partial charge in [-0.05, 0) is 25.1 Å². The normalized spacial score (nSPS) is 10.7. The molecule has 0 aliphatic heterocycles. The van der Waals surface area contributed by atoms with Crippen LogP contribution in [-0.2, 0) is 11.3 Å². The Morgan fingerprint density at radius 3 is 2.54 bits per heavy atom. The topological polar surface area (TPSA) is 80.6 Å². The van der Waals surface area contributed by atoms with Crippen molar-refractivity contribution in [2.45, 2.75) is 13.5 Å². The van der Waals surface area contributed by atoms with Crippen molar-refractivity contribution in [3.8, 4) is 0 Å². The Kier molecular flexibility index (Phi) is 5.34. The van der Waals surface area contributed by atoms with Crippen molar-refractivity contribution >= 4 is 28.5 Å². The summed E-state index contributed by atoms with van der Waals surface area (Å²) in [6, 6.07) is 14.2. The van der Waals surface area contributed by atoms with Gasteiger partial charge in [-0.15, -0.1) is 0 Å². The van der Waals surface area contributed by atoms with Crippen LogP contribution in [0.1, 0.15) is 33.4 Å². The highest BCUT2D eigenvalue weighted by atomic mass is 16.5. The number of ether oxygens (including phenoxy) is 1. The molecule has 2 N–H and O–H groups in total. The molecule has 2 aromatic carbocycles. The summed E-state index contributed by atoms with van der Waals surface area (Å²) >= 11 is 0. The predicted molar refractivity (Wildman–Crippen MR) is 99.3 cm³/mol. The molecule has 0 unspecified atom stereocenters. The maximum Gasteiger partial charge on any atom is 0.291 e. The molecular formula is C20H20N2O4. The van der Waals surface area contributed by atoms with Gasteiger partial charge in [0.25, 0.3) is 11.8 Å². The second-order valence-corrected chi connectivity index (χ2v) is 5.62. The summed E-state index contributed by atoms with van der Waals surface area (Å²) in [6.45, 7) is 2.69. The fourth-order valence-electron chi connectivity index (χ4n) is 2.73. The maximum atomic E-state index is 12.8. The molecular weight excluding hydrogens is 332 g/mol. The van der Waals surface area contributed by atoms with Crippen molar-refractivity contribution in [2.24, 2.45) is 0 Å². The molecule has 6 heteroatoms. The lowest BCUT2D eigenvalue weighted by Gasteiger charge is -2.10. The van der Waals surface area contributed by atoms with E-state index in [2.05, 4.69) is 10.6 Å². The minimum absolute atomic E-state index is 0.186. The molecule has 26 heavy (non-hydrogen) atoms. The summed E-state index contributed by atoms with van der Waals surface area (Å²) in [6.07, 6.45) is 0. The number of benzene rings is 2. The van der Waals surface area contributed by atoms with Crippen LogP contribution in [0.4, 0.5) is 5.69 Å². The number of carbonyl (C=O) groups is 2. The van der Waals surface area contributed by atoms with Crippen molar-refractivity contribution in [1.82, 2.24) is 5.32 Å². The van der Waals surface area contributed by atoms with Gasteiger partial charge in [0.15, 0.2) is 5.76 Å². The number of amides is 2. The first-order valence-corrected chi connectivity index (χ1v) is 8.36. The second-order valence-electron chi connectivity index (χ2n) is 5.62. The van der Waals surface area contributed by atoms with Crippen LogP contribution in [0.5, 0.6) is 0 Å². The van der Waals surface area contributed by atoms with Gasteiger partial charge >= 0.3 is 0 Å². The van der Waals surface area contributed by atoms with Crippen molar-refractivity contribution in [3.63, 3.8) is 0 Å². The fourth-order valence-corrected chi connectivity index (χ4v) is 2.73. The van der Waals surface area contributed by atoms with E-state index in [1.165, 1.54) is 0 Å². The molecule has 0 bridgehead atoms. The third-order valence-electron chi connectivity index (χ3n) is 4.00. The zero-order valence-electron chi connectivity index (χ0n) is 14.7. The number of carbonyl (C=O) groups excluding carboxylic acids is 2. The van der Waals surface area contributed by atoms with Crippen LogP contribution in [0.2, 0.25) is 0 Å². The van der Waals surface area contributed by atoms with E-state index in [-0.39, 0.29) is 18.3 Å². The van der Waals surface area contributed by atoms with Crippen LogP contribution in [0.25, 0.3) is 11.0 Å². The summed E-state index contributed by atoms with van der Waals surface area (Å²) in [5, 5.41) is 6.17. The molecule has 0 aliphatic carbocycles. The number of nitrogens with one attached hydrogen (secondary N) is 2. The van der Waals surface area contributed by atoms with Crippen LogP contribution < -0.4 is 10.6 Å². The molecule has 1 aromatic heterocycles. The number of anilines is 1. The number of rotatable bonds is 6. The largest absolute Gasteiger partial charge is 0.451 e. The van der Waals surface area contributed by atoms with Gasteiger partial charge in [-0.1, -0.05) is 30.3 Å². The lowest BCUT2D eigenvalue weighted by molar-refractivity contribution is 0.0964. The summed E-state index contributed by atoms with van der Waals surface area (Å²) < 4.78 is 11.3. The van der Waals surface area contributed by atoms with Crippen LogP contribution in [0, 0.1) is 0 Å². The number of furan rings is 1. The number of para-hydroxylation sites is 2. The van der Waals surface area contributed by atoms with Gasteiger partial charge in [0.1, 0.15) is 5.58 Å². The van der Waals surface area contributed by atoms with E-state index < -0.39 is 5.91 Å². The molecule has 0 fully saturated rings. The highest BCUT2D eigenvalue weighted by Crippen LogP contribution is 2.28. The Bertz CT molecular complexity index is 946. The minimum Gasteiger partial charge on any atom is -0.451 e. The van der Waals surface area contributed by atoms with Gasteiger partial charge in [-0.25, -0.2) is 0 Å². The molecule has 1 heterocycles. The van der Waals surface area contributed by atoms with E-state index in [0.29, 0.717) is 29.0 Å². The zero-order chi connectivity index (χ0) is 18.5. The molecule has 0 radical (unpaired) electrons. The van der Waals surface area contributed by atoms with E-state index in [0.717, 1.165) is 5.39 Å². The molecule has 0 saturated heterocycles. The Morgan fingerprint density at radius 1 is 1.04 bits per heavy atom. The third kappa shape index (κ3) is 3.45. The Hall–Kier alpha value is -3.12. The number of hydrogen-bond acceptors (Lipinski definition) is 4. The van der Waals surface area contributed by atoms with E-state index in [9.17, 15) is 9.59 Å². The quantitative estimate of drug-likeness (QED) is 0.710. The zero-order valence-corrected chi connectivity index (χ0v) is 14.7. The molecule has 134 valence electrons. The van der Waals surface area contributed by atoms with E-state index in [1.54, 1.807) is 37.4 Å². The molecule has 6 nitrogen and oxygen atoms in total. The lowest BCUT2D eigenvalue weighted by Crippen LogP contribution is -2.21. The highest BCUT2D eigenvalue weighted by Gasteiger charge is 2.22. The number of fused-ring (bicyclic) bond motifs is 1. The van der Waals surface area contributed by atoms with E-state index >= 15 is 0 Å². The standard InChI is InChI=1S/C20H20N2O4/c1-3-25-12-15-13-8-5-7-11-17(13)26-18(15)20(24)22-16-10-6-4-9-14(16)19(23)21-2/h4-11H,3,12H2,1-2H3,(H,21,23)(H,22,24). The van der Waals surface area contributed by atoms with Crippen LogP contribution >= 0.6 is 0 Å². The molecule has 2 amide bonds. The maximum absolute atomic E-state index is 12.8. The van der Waals surface area contributed by atoms with E-state index in [1.807, 2.05) is 25.1 Å². The molecule has 0 aliphatic rings. The molecule has 3 aromatic rings. The van der Waals surface area contributed by atoms with Crippen LogP contribution in [-0.4, -0.2) is 25.5 Å². The molecule has 0 atom stereocenters. The van der Waals surface area contributed by atoms with Gasteiger partial charge in [-0.3, -0.25) is 9.59 Å². The average Bonchev–Trinajstić information content (AvgIpc) is 3.05. The first-order chi connectivity index (χ1) is 12.7. The SMILES string of the molecule is CCOCc1c(C(=O)Nc2ccccc2C(=O)NC)oc2ccccc12. The molecule has 0 saturated carbocycles. The average molecular weight is 352 g/mol. The van der Waals surface area contributed by atoms with Crippen molar-refractivity contribution in [3.05, 3.63) is 65.4 Å². The highest BCUT2D eigenvalue weighted by molar-refractivity contribution is 6.10. The smallest absolute Gasteiger partial charge is 0.291 e. The van der Waals surface area contributed by atoms with Gasteiger partial charge in [0.05, 0.1) is 17.9 Å². The van der Waals surface area contributed by atoms with Gasteiger partial charge in [0.2, 0.25) is 0 Å². The van der Waals surface area contributed by atoms with Crippen molar-refractivity contribution in [2.75, 3.05) is 19.0 Å². The predicted octanol–water partition coefficient (Wildman–Crippen LogP) is 3.58. The van der Waals surface area contributed by atoms with Crippen molar-refractivity contribution in [1.29, 1.82) is 0 Å². The first kappa shape index (κ1) is 17.7.